The van der Waals surface area contributed by atoms with E-state index >= 15 is 0 Å². The first-order valence-electron chi connectivity index (χ1n) is 6.85. The van der Waals surface area contributed by atoms with Gasteiger partial charge in [0.25, 0.3) is 0 Å². The van der Waals surface area contributed by atoms with Crippen molar-refractivity contribution in [3.8, 4) is 0 Å². The van der Waals surface area contributed by atoms with Gasteiger partial charge in [-0.2, -0.15) is 0 Å². The molecule has 4 atom stereocenters. The number of nitrogens with one attached hydrogen (secondary N) is 1. The SMILES string of the molecule is CCOC1CC(N)C1NC(=O)C1CCCCS1(=O)=O. The molecule has 1 saturated heterocycles. The molecule has 4 unspecified atom stereocenters. The number of hydrogen-bond acceptors (Lipinski definition) is 5. The van der Waals surface area contributed by atoms with Crippen molar-refractivity contribution in [2.45, 2.75) is 56.0 Å². The Balaban J connectivity index is 1.96. The standard InChI is InChI=1S/C12H22N2O4S/c1-2-18-9-7-8(13)11(9)14-12(15)10-5-3-4-6-19(10,16)17/h8-11H,2-7,13H2,1H3,(H,14,15). The first kappa shape index (κ1) is 14.7. The van der Waals surface area contributed by atoms with Gasteiger partial charge in [0.05, 0.1) is 17.9 Å². The zero-order valence-electron chi connectivity index (χ0n) is 11.2. The van der Waals surface area contributed by atoms with Crippen LogP contribution in [-0.2, 0) is 19.4 Å². The molecule has 2 aliphatic rings. The molecule has 1 saturated carbocycles. The summed E-state index contributed by atoms with van der Waals surface area (Å²) in [6.45, 7) is 2.44. The maximum absolute atomic E-state index is 12.1. The summed E-state index contributed by atoms with van der Waals surface area (Å²) in [6, 6.07) is -0.406. The molecule has 2 rings (SSSR count). The number of carbonyl (C=O) groups is 1. The molecular weight excluding hydrogens is 268 g/mol. The molecule has 1 amide bonds. The van der Waals surface area contributed by atoms with Gasteiger partial charge in [-0.15, -0.1) is 0 Å². The van der Waals surface area contributed by atoms with E-state index in [0.29, 0.717) is 25.9 Å². The molecule has 0 aromatic rings. The fourth-order valence-corrected chi connectivity index (χ4v) is 4.54. The third-order valence-corrected chi connectivity index (χ3v) is 6.10. The second kappa shape index (κ2) is 5.76. The summed E-state index contributed by atoms with van der Waals surface area (Å²) in [4.78, 5) is 12.1. The van der Waals surface area contributed by atoms with E-state index in [0.717, 1.165) is 6.42 Å². The minimum Gasteiger partial charge on any atom is -0.376 e. The van der Waals surface area contributed by atoms with Crippen molar-refractivity contribution in [1.29, 1.82) is 0 Å². The summed E-state index contributed by atoms with van der Waals surface area (Å²) in [5.74, 6) is -0.305. The van der Waals surface area contributed by atoms with Gasteiger partial charge in [0, 0.05) is 12.6 Å². The number of ether oxygens (including phenoxy) is 1. The topological polar surface area (TPSA) is 98.5 Å². The molecule has 0 aromatic carbocycles. The van der Waals surface area contributed by atoms with Crippen molar-refractivity contribution < 1.29 is 17.9 Å². The van der Waals surface area contributed by atoms with Crippen molar-refractivity contribution in [3.05, 3.63) is 0 Å². The second-order valence-electron chi connectivity index (χ2n) is 5.28. The molecule has 110 valence electrons. The average Bonchev–Trinajstić information content (AvgIpc) is 2.35. The number of nitrogens with two attached hydrogens (primary N) is 1. The predicted molar refractivity (Wildman–Crippen MR) is 71.4 cm³/mol. The Morgan fingerprint density at radius 3 is 2.74 bits per heavy atom. The molecule has 3 N–H and O–H groups in total. The van der Waals surface area contributed by atoms with Crippen LogP contribution in [0, 0.1) is 0 Å². The van der Waals surface area contributed by atoms with Crippen LogP contribution in [0.1, 0.15) is 32.6 Å². The number of sulfone groups is 1. The van der Waals surface area contributed by atoms with Gasteiger partial charge in [-0.3, -0.25) is 4.79 Å². The smallest absolute Gasteiger partial charge is 0.238 e. The van der Waals surface area contributed by atoms with Crippen LogP contribution >= 0.6 is 0 Å². The number of carbonyl (C=O) groups excluding carboxylic acids is 1. The highest BCUT2D eigenvalue weighted by Gasteiger charge is 2.43. The molecule has 1 aliphatic heterocycles. The van der Waals surface area contributed by atoms with Gasteiger partial charge >= 0.3 is 0 Å². The van der Waals surface area contributed by atoms with Crippen molar-refractivity contribution in [2.75, 3.05) is 12.4 Å². The van der Waals surface area contributed by atoms with E-state index in [4.69, 9.17) is 10.5 Å². The van der Waals surface area contributed by atoms with E-state index in [1.54, 1.807) is 0 Å². The Bertz CT molecular complexity index is 435. The summed E-state index contributed by atoms with van der Waals surface area (Å²) >= 11 is 0. The molecule has 0 bridgehead atoms. The molecule has 19 heavy (non-hydrogen) atoms. The molecule has 1 heterocycles. The number of rotatable bonds is 4. The van der Waals surface area contributed by atoms with Crippen LogP contribution in [-0.4, -0.2) is 50.1 Å². The molecule has 6 nitrogen and oxygen atoms in total. The average molecular weight is 290 g/mol. The third kappa shape index (κ3) is 3.09. The van der Waals surface area contributed by atoms with Crippen molar-refractivity contribution in [1.82, 2.24) is 5.32 Å². The molecule has 2 fully saturated rings. The molecule has 0 radical (unpaired) electrons. The number of amides is 1. The molecular formula is C12H22N2O4S. The van der Waals surface area contributed by atoms with Crippen LogP contribution in [0.25, 0.3) is 0 Å². The first-order valence-corrected chi connectivity index (χ1v) is 8.56. The lowest BCUT2D eigenvalue weighted by molar-refractivity contribution is -0.125. The summed E-state index contributed by atoms with van der Waals surface area (Å²) in [5, 5.41) is 1.85. The lowest BCUT2D eigenvalue weighted by Gasteiger charge is -2.43. The lowest BCUT2D eigenvalue weighted by Crippen LogP contribution is -2.66. The number of hydrogen-bond donors (Lipinski definition) is 2. The quantitative estimate of drug-likeness (QED) is 0.732. The minimum atomic E-state index is -3.29. The van der Waals surface area contributed by atoms with Gasteiger partial charge in [0.15, 0.2) is 9.84 Å². The maximum atomic E-state index is 12.1. The van der Waals surface area contributed by atoms with E-state index in [-0.39, 0.29) is 23.9 Å². The normalized spacial score (nSPS) is 37.4. The zero-order chi connectivity index (χ0) is 14.0. The monoisotopic (exact) mass is 290 g/mol. The predicted octanol–water partition coefficient (Wildman–Crippen LogP) is -0.425. The van der Waals surface area contributed by atoms with Crippen LogP contribution in [0.2, 0.25) is 0 Å². The summed E-state index contributed by atoms with van der Waals surface area (Å²) < 4.78 is 29.2. The largest absolute Gasteiger partial charge is 0.376 e. The van der Waals surface area contributed by atoms with E-state index in [9.17, 15) is 13.2 Å². The second-order valence-corrected chi connectivity index (χ2v) is 7.58. The molecule has 0 spiro atoms. The molecule has 7 heteroatoms. The van der Waals surface area contributed by atoms with Crippen molar-refractivity contribution >= 4 is 15.7 Å². The van der Waals surface area contributed by atoms with Crippen LogP contribution in [0.4, 0.5) is 0 Å². The fourth-order valence-electron chi connectivity index (χ4n) is 2.73. The van der Waals surface area contributed by atoms with Crippen LogP contribution < -0.4 is 11.1 Å². The van der Waals surface area contributed by atoms with Gasteiger partial charge in [-0.05, 0) is 26.2 Å². The third-order valence-electron chi connectivity index (χ3n) is 3.93. The van der Waals surface area contributed by atoms with Crippen LogP contribution in [0.5, 0.6) is 0 Å². The van der Waals surface area contributed by atoms with E-state index < -0.39 is 21.0 Å². The summed E-state index contributed by atoms with van der Waals surface area (Å²) in [7, 11) is -3.29. The van der Waals surface area contributed by atoms with Gasteiger partial charge in [0.1, 0.15) is 5.25 Å². The Morgan fingerprint density at radius 1 is 1.42 bits per heavy atom. The van der Waals surface area contributed by atoms with Crippen molar-refractivity contribution in [2.24, 2.45) is 5.73 Å². The molecule has 1 aliphatic carbocycles. The Hall–Kier alpha value is -0.660. The lowest BCUT2D eigenvalue weighted by atomic mass is 9.83. The van der Waals surface area contributed by atoms with Crippen molar-refractivity contribution in [3.63, 3.8) is 0 Å². The highest BCUT2D eigenvalue weighted by molar-refractivity contribution is 7.92. The van der Waals surface area contributed by atoms with E-state index in [1.165, 1.54) is 0 Å². The summed E-state index contributed by atoms with van der Waals surface area (Å²) in [6.07, 6.45) is 2.46. The van der Waals surface area contributed by atoms with Gasteiger partial charge < -0.3 is 15.8 Å². The fraction of sp³-hybridized carbons (Fsp3) is 0.917. The van der Waals surface area contributed by atoms with Crippen LogP contribution in [0.3, 0.4) is 0 Å². The van der Waals surface area contributed by atoms with Gasteiger partial charge in [-0.1, -0.05) is 6.42 Å². The van der Waals surface area contributed by atoms with E-state index in [2.05, 4.69) is 5.32 Å². The highest BCUT2D eigenvalue weighted by Crippen LogP contribution is 2.25. The minimum absolute atomic E-state index is 0.0877. The Kier molecular flexibility index (Phi) is 4.47. The zero-order valence-corrected chi connectivity index (χ0v) is 12.0. The Morgan fingerprint density at radius 2 is 2.16 bits per heavy atom. The van der Waals surface area contributed by atoms with Gasteiger partial charge in [0.2, 0.25) is 5.91 Å². The maximum Gasteiger partial charge on any atom is 0.238 e. The van der Waals surface area contributed by atoms with Crippen LogP contribution in [0.15, 0.2) is 0 Å². The van der Waals surface area contributed by atoms with E-state index in [1.807, 2.05) is 6.92 Å². The first-order chi connectivity index (χ1) is 8.95. The Labute approximate surface area is 114 Å². The van der Waals surface area contributed by atoms with Gasteiger partial charge in [-0.25, -0.2) is 8.42 Å². The highest BCUT2D eigenvalue weighted by atomic mass is 32.2. The summed E-state index contributed by atoms with van der Waals surface area (Å²) in [5.41, 5.74) is 5.84. The molecule has 0 aromatic heterocycles.